The zero-order valence-electron chi connectivity index (χ0n) is 19.5. The molecule has 0 aromatic rings. The molecule has 8 heteroatoms. The molecule has 4 saturated carbocycles. The predicted octanol–water partition coefficient (Wildman–Crippen LogP) is 2.44. The first-order valence-electron chi connectivity index (χ1n) is 13.4. The van der Waals surface area contributed by atoms with E-state index in [2.05, 4.69) is 10.2 Å². The van der Waals surface area contributed by atoms with Gasteiger partial charge in [0.15, 0.2) is 5.78 Å². The van der Waals surface area contributed by atoms with E-state index < -0.39 is 36.0 Å². The van der Waals surface area contributed by atoms with Crippen molar-refractivity contribution in [3.63, 3.8) is 0 Å². The maximum absolute atomic E-state index is 15.5. The molecule has 0 spiro atoms. The number of ether oxygens (including phenoxy) is 2. The summed E-state index contributed by atoms with van der Waals surface area (Å²) in [6.07, 6.45) is 9.16. The van der Waals surface area contributed by atoms with Gasteiger partial charge in [-0.2, -0.15) is 0 Å². The lowest BCUT2D eigenvalue weighted by molar-refractivity contribution is -0.209. The van der Waals surface area contributed by atoms with E-state index >= 15 is 4.39 Å². The molecule has 2 N–H and O–H groups in total. The summed E-state index contributed by atoms with van der Waals surface area (Å²) >= 11 is 0. The Hall–Kier alpha value is -1.51. The SMILES string of the molecule is O=C(O)C1=CN2C3CC4OC5CCCCC5C4CC3OC3C(NCC4CC4)C(F)CC(C1=O)C32. The molecule has 3 heterocycles. The van der Waals surface area contributed by atoms with Crippen LogP contribution in [-0.4, -0.2) is 77.0 Å². The van der Waals surface area contributed by atoms with Gasteiger partial charge < -0.3 is 24.8 Å². The van der Waals surface area contributed by atoms with Gasteiger partial charge in [0.05, 0.1) is 42.5 Å². The van der Waals surface area contributed by atoms with Crippen LogP contribution in [0.15, 0.2) is 11.8 Å². The van der Waals surface area contributed by atoms with Crippen molar-refractivity contribution in [2.24, 2.45) is 23.7 Å². The number of carboxylic acids is 1. The Kier molecular flexibility index (Phi) is 5.12. The third-order valence-corrected chi connectivity index (χ3v) is 10.0. The molecule has 6 fully saturated rings. The molecule has 11 unspecified atom stereocenters. The van der Waals surface area contributed by atoms with Gasteiger partial charge in [-0.25, -0.2) is 9.18 Å². The second kappa shape index (κ2) is 8.00. The lowest BCUT2D eigenvalue weighted by atomic mass is 9.67. The second-order valence-corrected chi connectivity index (χ2v) is 11.9. The second-order valence-electron chi connectivity index (χ2n) is 11.9. The number of hydrogen-bond donors (Lipinski definition) is 2. The number of carbonyl (C=O) groups excluding carboxylic acids is 1. The van der Waals surface area contributed by atoms with Crippen molar-refractivity contribution in [1.82, 2.24) is 10.2 Å². The first-order valence-corrected chi connectivity index (χ1v) is 13.4. The average molecular weight is 475 g/mol. The number of nitrogens with zero attached hydrogens (tertiary/aromatic N) is 1. The summed E-state index contributed by atoms with van der Waals surface area (Å²) in [6, 6.07) is -0.813. The molecule has 0 radical (unpaired) electrons. The molecule has 186 valence electrons. The zero-order valence-corrected chi connectivity index (χ0v) is 19.5. The highest BCUT2D eigenvalue weighted by Gasteiger charge is 2.61. The van der Waals surface area contributed by atoms with Gasteiger partial charge in [0.1, 0.15) is 11.7 Å². The Labute approximate surface area is 199 Å². The van der Waals surface area contributed by atoms with Crippen LogP contribution in [0.4, 0.5) is 4.39 Å². The maximum Gasteiger partial charge on any atom is 0.340 e. The lowest BCUT2D eigenvalue weighted by Gasteiger charge is -2.60. The predicted molar refractivity (Wildman–Crippen MR) is 120 cm³/mol. The molecule has 3 aliphatic heterocycles. The maximum atomic E-state index is 15.5. The van der Waals surface area contributed by atoms with Crippen molar-refractivity contribution in [3.05, 3.63) is 11.8 Å². The van der Waals surface area contributed by atoms with Gasteiger partial charge in [0.25, 0.3) is 0 Å². The summed E-state index contributed by atoms with van der Waals surface area (Å²) in [6.45, 7) is 0.781. The van der Waals surface area contributed by atoms with Gasteiger partial charge in [-0.1, -0.05) is 12.8 Å². The Morgan fingerprint density at radius 2 is 1.88 bits per heavy atom. The highest BCUT2D eigenvalue weighted by Crippen LogP contribution is 2.52. The highest BCUT2D eigenvalue weighted by atomic mass is 19.1. The smallest absolute Gasteiger partial charge is 0.340 e. The first kappa shape index (κ1) is 21.7. The van der Waals surface area contributed by atoms with Crippen LogP contribution in [0.3, 0.4) is 0 Å². The van der Waals surface area contributed by atoms with Crippen LogP contribution in [0.25, 0.3) is 0 Å². The molecule has 7 rings (SSSR count). The Morgan fingerprint density at radius 1 is 1.06 bits per heavy atom. The van der Waals surface area contributed by atoms with Crippen molar-refractivity contribution < 1.29 is 28.6 Å². The summed E-state index contributed by atoms with van der Waals surface area (Å²) in [5, 5.41) is 13.2. The first-order chi connectivity index (χ1) is 16.5. The number of hydrogen-bond acceptors (Lipinski definition) is 6. The summed E-state index contributed by atoms with van der Waals surface area (Å²) in [5.74, 6) is -0.703. The molecule has 7 aliphatic rings. The van der Waals surface area contributed by atoms with Gasteiger partial charge in [-0.05, 0) is 69.2 Å². The van der Waals surface area contributed by atoms with Gasteiger partial charge in [0.2, 0.25) is 0 Å². The van der Waals surface area contributed by atoms with E-state index in [1.54, 1.807) is 6.20 Å². The summed E-state index contributed by atoms with van der Waals surface area (Å²) in [7, 11) is 0. The van der Waals surface area contributed by atoms with Gasteiger partial charge in [-0.15, -0.1) is 0 Å². The van der Waals surface area contributed by atoms with Gasteiger partial charge >= 0.3 is 5.97 Å². The Balaban J connectivity index is 1.23. The topological polar surface area (TPSA) is 88.1 Å². The van der Waals surface area contributed by atoms with Crippen molar-refractivity contribution >= 4 is 11.8 Å². The molecule has 7 nitrogen and oxygen atoms in total. The van der Waals surface area contributed by atoms with Crippen molar-refractivity contribution in [1.29, 1.82) is 0 Å². The number of morpholine rings is 1. The van der Waals surface area contributed by atoms with E-state index in [4.69, 9.17) is 9.47 Å². The molecular weight excluding hydrogens is 439 g/mol. The van der Waals surface area contributed by atoms with Crippen LogP contribution >= 0.6 is 0 Å². The van der Waals surface area contributed by atoms with Crippen molar-refractivity contribution in [3.8, 4) is 0 Å². The number of aliphatic carboxylic acids is 1. The van der Waals surface area contributed by atoms with Crippen LogP contribution in [-0.2, 0) is 19.1 Å². The molecule has 4 aliphatic carbocycles. The molecule has 0 bridgehead atoms. The third kappa shape index (κ3) is 3.31. The molecule has 34 heavy (non-hydrogen) atoms. The third-order valence-electron chi connectivity index (χ3n) is 10.0. The number of ketones is 1. The Morgan fingerprint density at radius 3 is 2.68 bits per heavy atom. The number of fused-ring (bicyclic) bond motifs is 5. The number of alkyl halides is 1. The zero-order chi connectivity index (χ0) is 23.1. The molecule has 0 aromatic heterocycles. The number of halogens is 1. The van der Waals surface area contributed by atoms with Crippen LogP contribution in [0, 0.1) is 23.7 Å². The minimum Gasteiger partial charge on any atom is -0.478 e. The largest absolute Gasteiger partial charge is 0.478 e. The quantitative estimate of drug-likeness (QED) is 0.605. The number of nitrogens with one attached hydrogen (secondary N) is 1. The van der Waals surface area contributed by atoms with Crippen molar-refractivity contribution in [2.45, 2.75) is 107 Å². The summed E-state index contributed by atoms with van der Waals surface area (Å²) in [4.78, 5) is 27.2. The van der Waals surface area contributed by atoms with Gasteiger partial charge in [-0.3, -0.25) is 4.79 Å². The number of rotatable bonds is 4. The molecule has 0 amide bonds. The molecule has 0 aromatic carbocycles. The summed E-state index contributed by atoms with van der Waals surface area (Å²) < 4.78 is 28.8. The van der Waals surface area contributed by atoms with E-state index in [9.17, 15) is 14.7 Å². The standard InChI is InChI=1S/C26H35FN2O5/c27-17-7-15-23-25(22(17)28-10-12-5-6-12)34-21-8-14-13-3-1-2-4-19(13)33-20(14)9-18(21)29(23)11-16(24(15)30)26(31)32/h11-15,17-23,25,28H,1-10H2,(H,31,32). The summed E-state index contributed by atoms with van der Waals surface area (Å²) in [5.41, 5.74) is -0.208. The van der Waals surface area contributed by atoms with E-state index in [-0.39, 0.29) is 36.3 Å². The Bertz CT molecular complexity index is 908. The average Bonchev–Trinajstić information content (AvgIpc) is 3.58. The van der Waals surface area contributed by atoms with E-state index in [0.29, 0.717) is 23.9 Å². The molecule has 11 atom stereocenters. The molecule has 2 saturated heterocycles. The lowest BCUT2D eigenvalue weighted by Crippen LogP contribution is -2.73. The fourth-order valence-corrected chi connectivity index (χ4v) is 8.24. The van der Waals surface area contributed by atoms with Crippen LogP contribution in [0.2, 0.25) is 0 Å². The monoisotopic (exact) mass is 474 g/mol. The normalized spacial score (nSPS) is 49.4. The van der Waals surface area contributed by atoms with Crippen LogP contribution < -0.4 is 5.32 Å². The van der Waals surface area contributed by atoms with E-state index in [0.717, 1.165) is 25.8 Å². The number of carboxylic acid groups (broad SMARTS) is 1. The van der Waals surface area contributed by atoms with E-state index in [1.807, 2.05) is 0 Å². The number of carbonyl (C=O) groups is 2. The minimum atomic E-state index is -1.23. The minimum absolute atomic E-state index is 0.0344. The fraction of sp³-hybridized carbons (Fsp3) is 0.846. The van der Waals surface area contributed by atoms with E-state index in [1.165, 1.54) is 32.1 Å². The van der Waals surface area contributed by atoms with Gasteiger partial charge in [0, 0.05) is 12.1 Å². The highest BCUT2D eigenvalue weighted by molar-refractivity contribution is 6.18. The fourth-order valence-electron chi connectivity index (χ4n) is 8.24. The molecular formula is C26H35FN2O5. The van der Waals surface area contributed by atoms with Crippen LogP contribution in [0.1, 0.15) is 57.8 Å². The van der Waals surface area contributed by atoms with Crippen LogP contribution in [0.5, 0.6) is 0 Å². The van der Waals surface area contributed by atoms with Crippen molar-refractivity contribution in [2.75, 3.05) is 6.54 Å². The number of Topliss-reactive ketones (excluding diaryl/α,β-unsaturated/α-hetero) is 1.